The maximum atomic E-state index is 13.9. The van der Waals surface area contributed by atoms with Gasteiger partial charge in [-0.15, -0.1) is 0 Å². The van der Waals surface area contributed by atoms with Gasteiger partial charge in [0.25, 0.3) is 0 Å². The molecule has 0 radical (unpaired) electrons. The normalized spacial score (nSPS) is 18.2. The topological polar surface area (TPSA) is 167 Å². The highest BCUT2D eigenvalue weighted by atomic mass is 16.5. The number of rotatable bonds is 20. The SMILES string of the molecule is CCC.CCC(C)C(C(CC(=O)N1CCCC1C(OC)C(C)C(=O)NC(Cc1ccccc1)C(=O)O)OC)N(C)C(=O)CNC(=O)C(NC)C(C)C. The molecule has 4 amide bonds. The number of ether oxygens (including phenoxy) is 2. The Balaban J connectivity index is 0.00000434. The number of nitrogens with zero attached hydrogens (tertiary/aromatic N) is 2. The van der Waals surface area contributed by atoms with Crippen molar-refractivity contribution in [1.82, 2.24) is 25.8 Å². The fourth-order valence-corrected chi connectivity index (χ4v) is 6.84. The van der Waals surface area contributed by atoms with Gasteiger partial charge >= 0.3 is 5.97 Å². The minimum atomic E-state index is -1.14. The van der Waals surface area contributed by atoms with E-state index in [1.807, 2.05) is 58.0 Å². The van der Waals surface area contributed by atoms with Crippen molar-refractivity contribution in [2.45, 2.75) is 123 Å². The molecule has 296 valence electrons. The molecule has 1 fully saturated rings. The molecule has 8 unspecified atom stereocenters. The summed E-state index contributed by atoms with van der Waals surface area (Å²) in [5.74, 6) is -3.08. The molecule has 2 rings (SSSR count). The Morgan fingerprint density at radius 1 is 0.981 bits per heavy atom. The Kier molecular flexibility index (Phi) is 21.4. The van der Waals surface area contributed by atoms with Crippen LogP contribution in [0.25, 0.3) is 0 Å². The number of benzene rings is 1. The van der Waals surface area contributed by atoms with E-state index >= 15 is 0 Å². The first-order valence-corrected chi connectivity index (χ1v) is 18.8. The molecule has 1 aromatic carbocycles. The number of carboxylic acid groups (broad SMARTS) is 1. The third-order valence-electron chi connectivity index (χ3n) is 9.88. The number of hydrogen-bond acceptors (Lipinski definition) is 8. The maximum absolute atomic E-state index is 13.9. The van der Waals surface area contributed by atoms with Crippen LogP contribution in [-0.2, 0) is 39.9 Å². The van der Waals surface area contributed by atoms with Gasteiger partial charge in [-0.2, -0.15) is 0 Å². The Hall–Kier alpha value is -3.55. The van der Waals surface area contributed by atoms with Crippen LogP contribution in [0.4, 0.5) is 0 Å². The molecule has 1 saturated heterocycles. The van der Waals surface area contributed by atoms with E-state index in [9.17, 15) is 29.1 Å². The van der Waals surface area contributed by atoms with Gasteiger partial charge < -0.3 is 40.3 Å². The number of likely N-dealkylation sites (N-methyl/N-ethyl adjacent to an activating group) is 2. The second kappa shape index (κ2) is 23.9. The zero-order chi connectivity index (χ0) is 39.5. The van der Waals surface area contributed by atoms with Gasteiger partial charge in [-0.1, -0.05) is 91.6 Å². The molecule has 52 heavy (non-hydrogen) atoms. The van der Waals surface area contributed by atoms with Crippen molar-refractivity contribution in [3.63, 3.8) is 0 Å². The number of likely N-dealkylation sites (tertiary alicyclic amines) is 1. The van der Waals surface area contributed by atoms with Crippen molar-refractivity contribution in [3.05, 3.63) is 35.9 Å². The summed E-state index contributed by atoms with van der Waals surface area (Å²) in [7, 11) is 6.38. The monoisotopic (exact) mass is 733 g/mol. The molecule has 0 saturated carbocycles. The molecule has 0 aromatic heterocycles. The number of nitrogens with one attached hydrogen (secondary N) is 3. The number of hydrogen-bond donors (Lipinski definition) is 4. The van der Waals surface area contributed by atoms with Crippen LogP contribution in [0.3, 0.4) is 0 Å². The predicted octanol–water partition coefficient (Wildman–Crippen LogP) is 3.50. The standard InChI is InChI=1S/C36H59N5O8.C3H8/c1-10-23(4)32(40(7)30(43)21-38-35(45)31(37-6)22(2)3)28(48-8)20-29(42)41-18-14-17-27(41)33(49-9)24(5)34(44)39-26(36(46)47)19-25-15-12-11-13-16-25;1-3-2/h11-13,15-16,22-24,26-28,31-33,37H,10,14,17-21H2,1-9H3,(H,38,45)(H,39,44)(H,46,47);3H2,1-2H3. The smallest absolute Gasteiger partial charge is 0.326 e. The molecular weight excluding hydrogens is 666 g/mol. The van der Waals surface area contributed by atoms with E-state index in [0.29, 0.717) is 19.4 Å². The van der Waals surface area contributed by atoms with Crippen molar-refractivity contribution in [3.8, 4) is 0 Å². The van der Waals surface area contributed by atoms with Crippen LogP contribution in [0.5, 0.6) is 0 Å². The first-order valence-electron chi connectivity index (χ1n) is 18.8. The highest BCUT2D eigenvalue weighted by molar-refractivity contribution is 5.88. The van der Waals surface area contributed by atoms with Crippen LogP contribution in [0.1, 0.15) is 86.1 Å². The van der Waals surface area contributed by atoms with E-state index in [1.165, 1.54) is 20.6 Å². The second-order valence-electron chi connectivity index (χ2n) is 14.2. The number of amides is 4. The molecule has 1 aliphatic heterocycles. The van der Waals surface area contributed by atoms with E-state index in [-0.39, 0.29) is 48.9 Å². The van der Waals surface area contributed by atoms with E-state index in [0.717, 1.165) is 12.0 Å². The molecule has 13 nitrogen and oxygen atoms in total. The van der Waals surface area contributed by atoms with Gasteiger partial charge in [0.15, 0.2) is 0 Å². The summed E-state index contributed by atoms with van der Waals surface area (Å²) in [6, 6.07) is 6.67. The Morgan fingerprint density at radius 2 is 1.60 bits per heavy atom. The third-order valence-corrected chi connectivity index (χ3v) is 9.88. The lowest BCUT2D eigenvalue weighted by atomic mass is 9.90. The Labute approximate surface area is 311 Å². The highest BCUT2D eigenvalue weighted by Crippen LogP contribution is 2.29. The summed E-state index contributed by atoms with van der Waals surface area (Å²) >= 11 is 0. The Bertz CT molecular complexity index is 1250. The van der Waals surface area contributed by atoms with Crippen molar-refractivity contribution < 1.29 is 38.6 Å². The van der Waals surface area contributed by atoms with E-state index in [2.05, 4.69) is 29.8 Å². The summed E-state index contributed by atoms with van der Waals surface area (Å²) in [6.07, 6.45) is 2.12. The van der Waals surface area contributed by atoms with Crippen LogP contribution in [-0.4, -0.2) is 122 Å². The largest absolute Gasteiger partial charge is 0.480 e. The van der Waals surface area contributed by atoms with E-state index in [1.54, 1.807) is 30.8 Å². The molecule has 1 aromatic rings. The van der Waals surface area contributed by atoms with Crippen molar-refractivity contribution >= 4 is 29.6 Å². The predicted molar refractivity (Wildman–Crippen MR) is 202 cm³/mol. The summed E-state index contributed by atoms with van der Waals surface area (Å²) in [5, 5.41) is 18.2. The fourth-order valence-electron chi connectivity index (χ4n) is 6.84. The van der Waals surface area contributed by atoms with E-state index in [4.69, 9.17) is 9.47 Å². The van der Waals surface area contributed by atoms with Crippen LogP contribution >= 0.6 is 0 Å². The zero-order valence-corrected chi connectivity index (χ0v) is 33.4. The van der Waals surface area contributed by atoms with Crippen LogP contribution in [0, 0.1) is 17.8 Å². The molecule has 0 aliphatic carbocycles. The first kappa shape index (κ1) is 46.5. The Morgan fingerprint density at radius 3 is 2.10 bits per heavy atom. The van der Waals surface area contributed by atoms with Gasteiger partial charge in [-0.3, -0.25) is 19.2 Å². The third kappa shape index (κ3) is 13.8. The van der Waals surface area contributed by atoms with Crippen molar-refractivity contribution in [2.24, 2.45) is 17.8 Å². The van der Waals surface area contributed by atoms with Crippen molar-refractivity contribution in [1.29, 1.82) is 0 Å². The minimum Gasteiger partial charge on any atom is -0.480 e. The quantitative estimate of drug-likeness (QED) is 0.157. The lowest BCUT2D eigenvalue weighted by molar-refractivity contribution is -0.147. The van der Waals surface area contributed by atoms with Gasteiger partial charge in [0, 0.05) is 34.2 Å². The van der Waals surface area contributed by atoms with Crippen LogP contribution < -0.4 is 16.0 Å². The number of carbonyl (C=O) groups excluding carboxylic acids is 4. The highest BCUT2D eigenvalue weighted by Gasteiger charge is 2.42. The fraction of sp³-hybridized carbons (Fsp3) is 0.718. The first-order chi connectivity index (χ1) is 24.6. The summed E-state index contributed by atoms with van der Waals surface area (Å²) in [6.45, 7) is 14.1. The van der Waals surface area contributed by atoms with Crippen LogP contribution in [0.15, 0.2) is 30.3 Å². The molecule has 13 heteroatoms. The summed E-state index contributed by atoms with van der Waals surface area (Å²) < 4.78 is 11.7. The summed E-state index contributed by atoms with van der Waals surface area (Å²) in [5.41, 5.74) is 0.785. The van der Waals surface area contributed by atoms with Gasteiger partial charge in [0.05, 0.1) is 49.2 Å². The molecule has 0 spiro atoms. The van der Waals surface area contributed by atoms with Gasteiger partial charge in [0.1, 0.15) is 6.04 Å². The maximum Gasteiger partial charge on any atom is 0.326 e. The lowest BCUT2D eigenvalue weighted by Crippen LogP contribution is -2.55. The number of carboxylic acids is 1. The number of carbonyl (C=O) groups is 5. The number of aliphatic carboxylic acids is 1. The molecular formula is C39H67N5O8. The van der Waals surface area contributed by atoms with Crippen molar-refractivity contribution in [2.75, 3.05) is 41.4 Å². The van der Waals surface area contributed by atoms with E-state index < -0.39 is 54.2 Å². The molecule has 8 atom stereocenters. The minimum absolute atomic E-state index is 0.00363. The van der Waals surface area contributed by atoms with Crippen LogP contribution in [0.2, 0.25) is 0 Å². The average Bonchev–Trinajstić information content (AvgIpc) is 3.60. The van der Waals surface area contributed by atoms with Gasteiger partial charge in [-0.25, -0.2) is 4.79 Å². The molecule has 0 bridgehead atoms. The molecule has 4 N–H and O–H groups in total. The number of methoxy groups -OCH3 is 2. The second-order valence-corrected chi connectivity index (χ2v) is 14.2. The van der Waals surface area contributed by atoms with Gasteiger partial charge in [0.2, 0.25) is 23.6 Å². The molecule has 1 heterocycles. The average molecular weight is 734 g/mol. The molecule has 1 aliphatic rings. The van der Waals surface area contributed by atoms with Gasteiger partial charge in [-0.05, 0) is 37.3 Å². The lowest BCUT2D eigenvalue weighted by Gasteiger charge is -2.39. The zero-order valence-electron chi connectivity index (χ0n) is 33.4. The summed E-state index contributed by atoms with van der Waals surface area (Å²) in [4.78, 5) is 68.6.